The fourth-order valence-corrected chi connectivity index (χ4v) is 5.64. The molecule has 258 valence electrons. The number of carbonyl (C=O) groups excluding carboxylic acids is 2. The summed E-state index contributed by atoms with van der Waals surface area (Å²) < 4.78 is 69.0. The zero-order chi connectivity index (χ0) is 35.7. The molecule has 1 amide bonds. The highest BCUT2D eigenvalue weighted by atomic mass is 32.2. The second-order valence-corrected chi connectivity index (χ2v) is 12.6. The number of aryl methyl sites for hydroxylation is 2. The number of nitrogens with zero attached hydrogens (tertiary/aromatic N) is 1. The van der Waals surface area contributed by atoms with E-state index in [-0.39, 0.29) is 13.1 Å². The minimum Gasteiger partial charge on any atom is -0.461 e. The molecular weight excluding hydrogens is 643 g/mol. The summed E-state index contributed by atoms with van der Waals surface area (Å²) in [5.41, 5.74) is 3.98. The minimum atomic E-state index is -4.41. The highest BCUT2D eigenvalue weighted by Gasteiger charge is 2.30. The number of amides is 1. The highest BCUT2D eigenvalue weighted by molar-refractivity contribution is 7.92. The predicted molar refractivity (Wildman–Crippen MR) is 184 cm³/mol. The van der Waals surface area contributed by atoms with Crippen molar-refractivity contribution < 1.29 is 35.9 Å². The molecule has 2 unspecified atom stereocenters. The van der Waals surface area contributed by atoms with Crippen molar-refractivity contribution in [3.05, 3.63) is 137 Å². The molecule has 3 aromatic rings. The number of hydrogen-bond acceptors (Lipinski definition) is 6. The van der Waals surface area contributed by atoms with Crippen molar-refractivity contribution in [2.24, 2.45) is 0 Å². The molecule has 2 N–H and O–H groups in total. The Balaban J connectivity index is 0.000000353. The lowest BCUT2D eigenvalue weighted by Gasteiger charge is -2.25. The average molecular weight is 686 g/mol. The predicted octanol–water partition coefficient (Wildman–Crippen LogP) is 6.41. The first kappa shape index (κ1) is 39.5. The molecule has 0 spiro atoms. The smallest absolute Gasteiger partial charge is 0.416 e. The number of benzene rings is 3. The molecule has 0 radical (unpaired) electrons. The van der Waals surface area contributed by atoms with Gasteiger partial charge in [0.15, 0.2) is 0 Å². The number of allylic oxidation sites excluding steroid dienone is 4. The van der Waals surface area contributed by atoms with Crippen molar-refractivity contribution in [3.63, 3.8) is 0 Å². The summed E-state index contributed by atoms with van der Waals surface area (Å²) in [5.74, 6) is 0. The van der Waals surface area contributed by atoms with Crippen molar-refractivity contribution in [1.82, 2.24) is 10.6 Å². The molecule has 3 aromatic carbocycles. The normalized spacial score (nSPS) is 13.1. The van der Waals surface area contributed by atoms with Crippen LogP contribution in [0.1, 0.15) is 34.7 Å². The first-order chi connectivity index (χ1) is 22.7. The van der Waals surface area contributed by atoms with E-state index in [1.54, 1.807) is 24.3 Å². The average Bonchev–Trinajstić information content (AvgIpc) is 3.04. The van der Waals surface area contributed by atoms with Crippen molar-refractivity contribution >= 4 is 28.6 Å². The third kappa shape index (κ3) is 12.8. The van der Waals surface area contributed by atoms with E-state index in [4.69, 9.17) is 4.74 Å². The number of hydrogen-bond donors (Lipinski definition) is 2. The van der Waals surface area contributed by atoms with Crippen LogP contribution in [-0.4, -0.2) is 46.2 Å². The molecule has 3 rings (SSSR count). The lowest BCUT2D eigenvalue weighted by molar-refractivity contribution is -0.138. The van der Waals surface area contributed by atoms with Crippen LogP contribution in [0.4, 0.5) is 18.9 Å². The van der Waals surface area contributed by atoms with E-state index in [0.29, 0.717) is 36.3 Å². The van der Waals surface area contributed by atoms with E-state index in [0.717, 1.165) is 28.8 Å². The van der Waals surface area contributed by atoms with E-state index in [2.05, 4.69) is 17.2 Å². The van der Waals surface area contributed by atoms with Crippen molar-refractivity contribution in [1.29, 1.82) is 0 Å². The fourth-order valence-electron chi connectivity index (χ4n) is 4.62. The van der Waals surface area contributed by atoms with E-state index >= 15 is 0 Å². The molecule has 0 saturated heterocycles. The molecule has 0 aliphatic heterocycles. The van der Waals surface area contributed by atoms with Crippen molar-refractivity contribution in [3.8, 4) is 0 Å². The van der Waals surface area contributed by atoms with Crippen LogP contribution < -0.4 is 14.9 Å². The number of rotatable bonds is 16. The molecular formula is C36H42F3N3O5S. The molecule has 8 nitrogen and oxygen atoms in total. The SMILES string of the molecule is C=C/C(=C\C=C/C)N(c1ccc(C)c(C)c1)S(C)(=O)=O.O=CNC(Cc1ccccc1)C(CNCc1cccc(C(F)(F)F)c1)OC=O. The number of nitrogens with one attached hydrogen (secondary N) is 2. The number of carbonyl (C=O) groups is 2. The molecule has 0 heterocycles. The van der Waals surface area contributed by atoms with Gasteiger partial charge in [-0.2, -0.15) is 13.2 Å². The second kappa shape index (κ2) is 19.2. The Morgan fingerprint density at radius 2 is 1.67 bits per heavy atom. The zero-order valence-corrected chi connectivity index (χ0v) is 28.2. The second-order valence-electron chi connectivity index (χ2n) is 10.8. The van der Waals surface area contributed by atoms with Crippen LogP contribution in [0.25, 0.3) is 0 Å². The lowest BCUT2D eigenvalue weighted by Crippen LogP contribution is -2.47. The van der Waals surface area contributed by atoms with Gasteiger partial charge in [-0.15, -0.1) is 0 Å². The largest absolute Gasteiger partial charge is 0.461 e. The third-order valence-electron chi connectivity index (χ3n) is 7.15. The quantitative estimate of drug-likeness (QED) is 0.134. The Hall–Kier alpha value is -4.68. The molecule has 2 atom stereocenters. The Labute approximate surface area is 281 Å². The molecule has 0 saturated carbocycles. The first-order valence-electron chi connectivity index (χ1n) is 15.0. The Kier molecular flexibility index (Phi) is 15.8. The van der Waals surface area contributed by atoms with E-state index in [1.165, 1.54) is 22.7 Å². The van der Waals surface area contributed by atoms with E-state index < -0.39 is 33.9 Å². The topological polar surface area (TPSA) is 105 Å². The summed E-state index contributed by atoms with van der Waals surface area (Å²) in [4.78, 5) is 21.8. The Morgan fingerprint density at radius 3 is 2.23 bits per heavy atom. The van der Waals surface area contributed by atoms with Gasteiger partial charge in [0, 0.05) is 13.1 Å². The number of ether oxygens (including phenoxy) is 1. The van der Waals surface area contributed by atoms with Crippen LogP contribution in [-0.2, 0) is 43.5 Å². The van der Waals surface area contributed by atoms with Crippen molar-refractivity contribution in [2.75, 3.05) is 17.1 Å². The van der Waals surface area contributed by atoms with Gasteiger partial charge in [0.1, 0.15) is 6.10 Å². The summed E-state index contributed by atoms with van der Waals surface area (Å²) in [5, 5.41) is 5.62. The number of sulfonamides is 1. The lowest BCUT2D eigenvalue weighted by atomic mass is 10.0. The van der Waals surface area contributed by atoms with Crippen LogP contribution in [0.2, 0.25) is 0 Å². The highest BCUT2D eigenvalue weighted by Crippen LogP contribution is 2.29. The molecule has 0 aliphatic carbocycles. The monoisotopic (exact) mass is 685 g/mol. The van der Waals surface area contributed by atoms with Crippen LogP contribution in [0, 0.1) is 13.8 Å². The molecule has 0 aromatic heterocycles. The van der Waals surface area contributed by atoms with Gasteiger partial charge in [-0.1, -0.05) is 73.3 Å². The Morgan fingerprint density at radius 1 is 0.979 bits per heavy atom. The van der Waals surface area contributed by atoms with E-state index in [9.17, 15) is 31.2 Å². The van der Waals surface area contributed by atoms with Gasteiger partial charge >= 0.3 is 6.18 Å². The minimum absolute atomic E-state index is 0.155. The van der Waals surface area contributed by atoms with Gasteiger partial charge in [-0.25, -0.2) is 12.7 Å². The summed E-state index contributed by atoms with van der Waals surface area (Å²) in [6.45, 7) is 10.1. The van der Waals surface area contributed by atoms with E-state index in [1.807, 2.05) is 69.3 Å². The van der Waals surface area contributed by atoms with Gasteiger partial charge < -0.3 is 15.4 Å². The molecule has 0 aliphatic rings. The Bertz CT molecular complexity index is 1660. The fraction of sp³-hybridized carbons (Fsp3) is 0.278. The summed E-state index contributed by atoms with van der Waals surface area (Å²) in [6, 6.07) is 19.4. The third-order valence-corrected chi connectivity index (χ3v) is 8.23. The van der Waals surface area contributed by atoms with Crippen molar-refractivity contribution in [2.45, 2.75) is 52.1 Å². The van der Waals surface area contributed by atoms with Gasteiger partial charge in [0.05, 0.1) is 29.2 Å². The van der Waals surface area contributed by atoms with Gasteiger partial charge in [-0.3, -0.25) is 9.59 Å². The maximum absolute atomic E-state index is 12.8. The number of halogens is 3. The number of alkyl halides is 3. The molecule has 0 fully saturated rings. The summed E-state index contributed by atoms with van der Waals surface area (Å²) in [7, 11) is -3.43. The van der Waals surface area contributed by atoms with Crippen LogP contribution in [0.3, 0.4) is 0 Å². The summed E-state index contributed by atoms with van der Waals surface area (Å²) in [6.07, 6.45) is 3.95. The first-order valence-corrected chi connectivity index (χ1v) is 16.8. The zero-order valence-electron chi connectivity index (χ0n) is 27.4. The molecule has 12 heteroatoms. The van der Waals surface area contributed by atoms with Gasteiger partial charge in [0.2, 0.25) is 16.4 Å². The maximum Gasteiger partial charge on any atom is 0.416 e. The summed E-state index contributed by atoms with van der Waals surface area (Å²) >= 11 is 0. The maximum atomic E-state index is 12.8. The molecule has 0 bridgehead atoms. The van der Waals surface area contributed by atoms with Crippen LogP contribution in [0.15, 0.2) is 109 Å². The van der Waals surface area contributed by atoms with Gasteiger partial charge in [-0.05, 0) is 79.8 Å². The van der Waals surface area contributed by atoms with Crippen LogP contribution in [0.5, 0.6) is 0 Å². The number of anilines is 1. The standard InChI is InChI=1S/C20H21F3N2O3.C16H21NO2S/c21-20(22,23)17-8-4-7-16(9-17)11-24-12-19(28-14-27)18(25-13-26)10-15-5-2-1-3-6-15;1-6-8-9-15(7-2)17(20(5,18)19)16-11-10-13(3)14(4)12-16/h1-9,13-14,18-19,24H,10-12H2,(H,25,26);6-12H,2H2,1,3-5H3/b;8-6-,15-9+. The van der Waals surface area contributed by atoms with Gasteiger partial charge in [0.25, 0.3) is 6.47 Å². The van der Waals surface area contributed by atoms with Crippen LogP contribution >= 0.6 is 0 Å². The molecule has 48 heavy (non-hydrogen) atoms.